The lowest BCUT2D eigenvalue weighted by Gasteiger charge is -2.25. The Morgan fingerprint density at radius 2 is 2.00 bits per heavy atom. The molecule has 0 aliphatic carbocycles. The fraction of sp³-hybridized carbons (Fsp3) is 0.611. The highest BCUT2D eigenvalue weighted by atomic mass is 19.4. The third-order valence-electron chi connectivity index (χ3n) is 4.97. The monoisotopic (exact) mass is 356 g/mol. The number of carbonyl (C=O) groups excluding carboxylic acids is 1. The molecular formula is C18H23F3N2O2. The number of hydrogen-bond acceptors (Lipinski definition) is 3. The smallest absolute Gasteiger partial charge is 0.416 e. The average molecular weight is 356 g/mol. The summed E-state index contributed by atoms with van der Waals surface area (Å²) in [6.07, 6.45) is -3.65. The van der Waals surface area contributed by atoms with Crippen molar-refractivity contribution < 1.29 is 22.7 Å². The molecule has 1 aromatic rings. The average Bonchev–Trinajstić information content (AvgIpc) is 2.90. The minimum absolute atomic E-state index is 0.0135. The topological polar surface area (TPSA) is 32.8 Å². The van der Waals surface area contributed by atoms with Gasteiger partial charge >= 0.3 is 6.18 Å². The highest BCUT2D eigenvalue weighted by molar-refractivity contribution is 5.97. The second-order valence-electron chi connectivity index (χ2n) is 7.29. The molecule has 0 saturated carbocycles. The number of ether oxygens (including phenoxy) is 1. The van der Waals surface area contributed by atoms with E-state index >= 15 is 0 Å². The van der Waals surface area contributed by atoms with Gasteiger partial charge in [0, 0.05) is 20.1 Å². The van der Waals surface area contributed by atoms with Crippen molar-refractivity contribution in [2.24, 2.45) is 5.92 Å². The second kappa shape index (κ2) is 6.52. The summed E-state index contributed by atoms with van der Waals surface area (Å²) in [7, 11) is 1.64. The number of fused-ring (bicyclic) bond motifs is 2. The Morgan fingerprint density at radius 1 is 1.28 bits per heavy atom. The molecule has 0 spiro atoms. The molecule has 0 unspecified atom stereocenters. The molecule has 2 aliphatic rings. The molecular weight excluding hydrogens is 333 g/mol. The fourth-order valence-electron chi connectivity index (χ4n) is 3.42. The quantitative estimate of drug-likeness (QED) is 0.833. The first-order valence-corrected chi connectivity index (χ1v) is 8.54. The Bertz CT molecular complexity index is 660. The summed E-state index contributed by atoms with van der Waals surface area (Å²) in [5, 5.41) is 0. The van der Waals surface area contributed by atoms with Crippen molar-refractivity contribution in [2.45, 2.75) is 38.6 Å². The number of amides is 1. The first kappa shape index (κ1) is 18.0. The number of carbonyl (C=O) groups is 1. The molecule has 1 amide bonds. The van der Waals surface area contributed by atoms with Crippen LogP contribution in [-0.4, -0.2) is 54.5 Å². The third-order valence-corrected chi connectivity index (χ3v) is 4.97. The summed E-state index contributed by atoms with van der Waals surface area (Å²) >= 11 is 0. The van der Waals surface area contributed by atoms with Crippen LogP contribution in [0.2, 0.25) is 0 Å². The molecule has 25 heavy (non-hydrogen) atoms. The van der Waals surface area contributed by atoms with Crippen LogP contribution in [0, 0.1) is 5.92 Å². The molecule has 1 fully saturated rings. The van der Waals surface area contributed by atoms with Gasteiger partial charge < -0.3 is 9.64 Å². The zero-order valence-corrected chi connectivity index (χ0v) is 14.6. The van der Waals surface area contributed by atoms with Gasteiger partial charge in [0.15, 0.2) is 0 Å². The zero-order valence-electron chi connectivity index (χ0n) is 14.6. The number of nitrogens with zero attached hydrogens (tertiary/aromatic N) is 2. The van der Waals surface area contributed by atoms with E-state index in [1.54, 1.807) is 7.05 Å². The maximum Gasteiger partial charge on any atom is 0.416 e. The highest BCUT2D eigenvalue weighted by Gasteiger charge is 2.43. The Balaban J connectivity index is 1.84. The predicted molar refractivity (Wildman–Crippen MR) is 87.6 cm³/mol. The SMILES string of the molecule is CC(C)CCN1C[C@@H]2Oc3ccc(C(F)(F)F)cc3C(=O)N(C)[C@@H]2C1. The van der Waals surface area contributed by atoms with Gasteiger partial charge in [-0.3, -0.25) is 9.69 Å². The van der Waals surface area contributed by atoms with Crippen molar-refractivity contribution in [1.29, 1.82) is 0 Å². The molecule has 138 valence electrons. The van der Waals surface area contributed by atoms with Gasteiger partial charge in [0.1, 0.15) is 11.9 Å². The standard InChI is InChI=1S/C18H23F3N2O2/c1-11(2)6-7-23-9-14-16(10-23)25-15-5-4-12(18(19,20)21)8-13(15)17(24)22(14)3/h4-5,8,11,14,16H,6-7,9-10H2,1-3H3/t14-,16+/m1/s1. The van der Waals surface area contributed by atoms with E-state index < -0.39 is 17.6 Å². The maximum atomic E-state index is 12.9. The van der Waals surface area contributed by atoms with Crippen LogP contribution in [-0.2, 0) is 6.18 Å². The number of rotatable bonds is 3. The van der Waals surface area contributed by atoms with E-state index in [9.17, 15) is 18.0 Å². The van der Waals surface area contributed by atoms with Crippen LogP contribution in [0.1, 0.15) is 36.2 Å². The van der Waals surface area contributed by atoms with Gasteiger partial charge in [0.05, 0.1) is 17.2 Å². The van der Waals surface area contributed by atoms with Crippen molar-refractivity contribution in [3.63, 3.8) is 0 Å². The summed E-state index contributed by atoms with van der Waals surface area (Å²) in [5.74, 6) is 0.412. The molecule has 1 aromatic carbocycles. The Morgan fingerprint density at radius 3 is 2.64 bits per heavy atom. The minimum Gasteiger partial charge on any atom is -0.486 e. The number of hydrogen-bond donors (Lipinski definition) is 0. The van der Waals surface area contributed by atoms with Gasteiger partial charge in [-0.15, -0.1) is 0 Å². The molecule has 0 N–H and O–H groups in total. The minimum atomic E-state index is -4.48. The lowest BCUT2D eigenvalue weighted by molar-refractivity contribution is -0.137. The van der Waals surface area contributed by atoms with E-state index in [1.807, 2.05) is 0 Å². The largest absolute Gasteiger partial charge is 0.486 e. The normalized spacial score (nSPS) is 24.1. The van der Waals surface area contributed by atoms with Crippen LogP contribution < -0.4 is 4.74 Å². The molecule has 7 heteroatoms. The second-order valence-corrected chi connectivity index (χ2v) is 7.29. The summed E-state index contributed by atoms with van der Waals surface area (Å²) in [5.41, 5.74) is -0.845. The van der Waals surface area contributed by atoms with Gasteiger partial charge in [-0.1, -0.05) is 13.8 Å². The Kier molecular flexibility index (Phi) is 4.70. The van der Waals surface area contributed by atoms with E-state index in [-0.39, 0.29) is 23.5 Å². The third kappa shape index (κ3) is 3.61. The van der Waals surface area contributed by atoms with E-state index in [0.717, 1.165) is 25.1 Å². The first-order valence-electron chi connectivity index (χ1n) is 8.54. The van der Waals surface area contributed by atoms with Crippen LogP contribution in [0.4, 0.5) is 13.2 Å². The van der Waals surface area contributed by atoms with E-state index in [0.29, 0.717) is 19.0 Å². The molecule has 3 rings (SSSR count). The molecule has 2 atom stereocenters. The molecule has 0 bridgehead atoms. The van der Waals surface area contributed by atoms with Crippen molar-refractivity contribution >= 4 is 5.91 Å². The van der Waals surface area contributed by atoms with Gasteiger partial charge in [-0.05, 0) is 37.1 Å². The van der Waals surface area contributed by atoms with E-state index in [2.05, 4.69) is 18.7 Å². The fourth-order valence-corrected chi connectivity index (χ4v) is 3.42. The number of halogens is 3. The van der Waals surface area contributed by atoms with Crippen molar-refractivity contribution in [1.82, 2.24) is 9.80 Å². The van der Waals surface area contributed by atoms with Gasteiger partial charge in [0.25, 0.3) is 5.91 Å². The molecule has 2 heterocycles. The van der Waals surface area contributed by atoms with E-state index in [4.69, 9.17) is 4.74 Å². The summed E-state index contributed by atoms with van der Waals surface area (Å²) in [6, 6.07) is 2.98. The molecule has 2 aliphatic heterocycles. The first-order chi connectivity index (χ1) is 11.7. The Hall–Kier alpha value is -1.76. The van der Waals surface area contributed by atoms with Crippen LogP contribution >= 0.6 is 0 Å². The van der Waals surface area contributed by atoms with Gasteiger partial charge in [-0.25, -0.2) is 0 Å². The van der Waals surface area contributed by atoms with Crippen molar-refractivity contribution in [3.8, 4) is 5.75 Å². The van der Waals surface area contributed by atoms with Crippen molar-refractivity contribution in [3.05, 3.63) is 29.3 Å². The van der Waals surface area contributed by atoms with Gasteiger partial charge in [-0.2, -0.15) is 13.2 Å². The van der Waals surface area contributed by atoms with Crippen LogP contribution in [0.25, 0.3) is 0 Å². The van der Waals surface area contributed by atoms with Crippen LogP contribution in [0.5, 0.6) is 5.75 Å². The number of alkyl halides is 3. The Labute approximate surface area is 145 Å². The van der Waals surface area contributed by atoms with Crippen molar-refractivity contribution in [2.75, 3.05) is 26.7 Å². The molecule has 0 aromatic heterocycles. The summed E-state index contributed by atoms with van der Waals surface area (Å²) < 4.78 is 44.8. The molecule has 4 nitrogen and oxygen atoms in total. The number of likely N-dealkylation sites (N-methyl/N-ethyl adjacent to an activating group) is 1. The summed E-state index contributed by atoms with van der Waals surface area (Å²) in [6.45, 7) is 6.61. The lowest BCUT2D eigenvalue weighted by atomic mass is 10.1. The number of benzene rings is 1. The maximum absolute atomic E-state index is 12.9. The van der Waals surface area contributed by atoms with Crippen LogP contribution in [0.15, 0.2) is 18.2 Å². The zero-order chi connectivity index (χ0) is 18.4. The lowest BCUT2D eigenvalue weighted by Crippen LogP contribution is -2.44. The predicted octanol–water partition coefficient (Wildman–Crippen LogP) is 3.27. The highest BCUT2D eigenvalue weighted by Crippen LogP contribution is 2.36. The summed E-state index contributed by atoms with van der Waals surface area (Å²) in [4.78, 5) is 16.5. The molecule has 1 saturated heterocycles. The number of likely N-dealkylation sites (tertiary alicyclic amines) is 1. The molecule has 0 radical (unpaired) electrons. The van der Waals surface area contributed by atoms with E-state index in [1.165, 1.54) is 11.0 Å². The van der Waals surface area contributed by atoms with Crippen LogP contribution in [0.3, 0.4) is 0 Å². The van der Waals surface area contributed by atoms with Gasteiger partial charge in [0.2, 0.25) is 0 Å².